The fraction of sp³-hybridized carbons (Fsp3) is 0. The molecular formula is C20H15N3O4S2. The number of nitrogens with two attached hydrogens (primary N) is 1. The summed E-state index contributed by atoms with van der Waals surface area (Å²) in [5.41, 5.74) is 0.910. The fourth-order valence-electron chi connectivity index (χ4n) is 2.66. The number of fused-ring (bicyclic) bond motifs is 1. The molecule has 3 N–H and O–H groups in total. The number of carbonyl (C=O) groups excluding carboxylic acids is 1. The lowest BCUT2D eigenvalue weighted by atomic mass is 10.2. The molecule has 0 fully saturated rings. The van der Waals surface area contributed by atoms with Crippen molar-refractivity contribution in [3.8, 4) is 11.5 Å². The first-order valence-corrected chi connectivity index (χ1v) is 10.8. The van der Waals surface area contributed by atoms with E-state index in [4.69, 9.17) is 9.88 Å². The van der Waals surface area contributed by atoms with Gasteiger partial charge >= 0.3 is 0 Å². The highest BCUT2D eigenvalue weighted by atomic mass is 32.2. The largest absolute Gasteiger partial charge is 0.457 e. The standard InChI is InChI=1S/C20H15N3O4S2/c21-29(25,26)14-10-11-16-18(12-14)28-20(22-16)23-19(24)15-8-4-5-9-17(15)27-13-6-2-1-3-7-13/h1-12H,(H2,21,25,26)(H,22,23,24). The van der Waals surface area contributed by atoms with E-state index >= 15 is 0 Å². The number of carbonyl (C=O) groups is 1. The molecule has 0 radical (unpaired) electrons. The number of amides is 1. The second-order valence-corrected chi connectivity index (χ2v) is 8.65. The Hall–Kier alpha value is -3.27. The first-order chi connectivity index (χ1) is 13.9. The van der Waals surface area contributed by atoms with Gasteiger partial charge in [-0.2, -0.15) is 0 Å². The normalized spacial score (nSPS) is 11.3. The Bertz CT molecular complexity index is 1300. The third kappa shape index (κ3) is 4.27. The number of nitrogens with zero attached hydrogens (tertiary/aromatic N) is 1. The Labute approximate surface area is 170 Å². The lowest BCUT2D eigenvalue weighted by molar-refractivity contribution is 0.102. The molecule has 0 aliphatic carbocycles. The number of sulfonamides is 1. The minimum Gasteiger partial charge on any atom is -0.457 e. The fourth-order valence-corrected chi connectivity index (χ4v) is 4.17. The van der Waals surface area contributed by atoms with E-state index in [0.717, 1.165) is 11.3 Å². The number of hydrogen-bond donors (Lipinski definition) is 2. The first kappa shape index (κ1) is 19.1. The molecule has 0 unspecified atom stereocenters. The summed E-state index contributed by atoms with van der Waals surface area (Å²) in [4.78, 5) is 17.1. The molecule has 0 saturated carbocycles. The second kappa shape index (κ2) is 7.63. The van der Waals surface area contributed by atoms with E-state index < -0.39 is 10.0 Å². The SMILES string of the molecule is NS(=O)(=O)c1ccc2nc(NC(=O)c3ccccc3Oc3ccccc3)sc2c1. The second-order valence-electron chi connectivity index (χ2n) is 6.06. The van der Waals surface area contributed by atoms with Crippen molar-refractivity contribution in [1.29, 1.82) is 0 Å². The molecule has 1 heterocycles. The smallest absolute Gasteiger partial charge is 0.261 e. The summed E-state index contributed by atoms with van der Waals surface area (Å²) in [7, 11) is -3.81. The quantitative estimate of drug-likeness (QED) is 0.502. The van der Waals surface area contributed by atoms with Gasteiger partial charge in [-0.15, -0.1) is 0 Å². The number of thiazole rings is 1. The van der Waals surface area contributed by atoms with Crippen LogP contribution in [-0.2, 0) is 10.0 Å². The molecule has 146 valence electrons. The molecule has 0 atom stereocenters. The van der Waals surface area contributed by atoms with Gasteiger partial charge in [-0.1, -0.05) is 41.7 Å². The van der Waals surface area contributed by atoms with Gasteiger partial charge in [0, 0.05) is 0 Å². The van der Waals surface area contributed by atoms with Crippen molar-refractivity contribution < 1.29 is 17.9 Å². The number of primary sulfonamides is 1. The van der Waals surface area contributed by atoms with E-state index in [1.807, 2.05) is 18.2 Å². The lowest BCUT2D eigenvalue weighted by Crippen LogP contribution is -2.12. The minimum atomic E-state index is -3.81. The van der Waals surface area contributed by atoms with Crippen LogP contribution in [-0.4, -0.2) is 19.3 Å². The van der Waals surface area contributed by atoms with Crippen LogP contribution in [0.2, 0.25) is 0 Å². The number of rotatable bonds is 5. The van der Waals surface area contributed by atoms with Gasteiger partial charge in [0.2, 0.25) is 10.0 Å². The Balaban J connectivity index is 1.60. The van der Waals surface area contributed by atoms with Crippen molar-refractivity contribution in [3.63, 3.8) is 0 Å². The molecule has 4 rings (SSSR count). The van der Waals surface area contributed by atoms with E-state index in [0.29, 0.717) is 32.4 Å². The van der Waals surface area contributed by atoms with Gasteiger partial charge in [0.15, 0.2) is 5.13 Å². The van der Waals surface area contributed by atoms with Crippen molar-refractivity contribution in [2.24, 2.45) is 5.14 Å². The summed E-state index contributed by atoms with van der Waals surface area (Å²) in [6, 6.07) is 20.4. The highest BCUT2D eigenvalue weighted by Crippen LogP contribution is 2.30. The molecule has 1 aromatic heterocycles. The molecule has 0 spiro atoms. The number of hydrogen-bond acceptors (Lipinski definition) is 6. The van der Waals surface area contributed by atoms with Gasteiger partial charge in [-0.05, 0) is 42.5 Å². The van der Waals surface area contributed by atoms with E-state index in [2.05, 4.69) is 10.3 Å². The molecule has 3 aromatic carbocycles. The van der Waals surface area contributed by atoms with Crippen LogP contribution in [0.15, 0.2) is 77.7 Å². The van der Waals surface area contributed by atoms with Crippen molar-refractivity contribution in [2.45, 2.75) is 4.90 Å². The van der Waals surface area contributed by atoms with E-state index in [-0.39, 0.29) is 10.8 Å². The molecule has 4 aromatic rings. The predicted octanol–water partition coefficient (Wildman–Crippen LogP) is 3.99. The Morgan fingerprint density at radius 3 is 2.48 bits per heavy atom. The van der Waals surface area contributed by atoms with Crippen LogP contribution in [0.4, 0.5) is 5.13 Å². The zero-order valence-corrected chi connectivity index (χ0v) is 16.5. The summed E-state index contributed by atoms with van der Waals surface area (Å²) >= 11 is 1.16. The topological polar surface area (TPSA) is 111 Å². The van der Waals surface area contributed by atoms with Crippen molar-refractivity contribution in [1.82, 2.24) is 4.98 Å². The van der Waals surface area contributed by atoms with Gasteiger partial charge in [0.1, 0.15) is 11.5 Å². The summed E-state index contributed by atoms with van der Waals surface area (Å²) < 4.78 is 29.4. The number of nitrogens with one attached hydrogen (secondary N) is 1. The van der Waals surface area contributed by atoms with Gasteiger partial charge in [0.25, 0.3) is 5.91 Å². The molecule has 7 nitrogen and oxygen atoms in total. The molecular weight excluding hydrogens is 410 g/mol. The van der Waals surface area contributed by atoms with Crippen LogP contribution in [0.1, 0.15) is 10.4 Å². The number of para-hydroxylation sites is 2. The Kier molecular flexibility index (Phi) is 5.01. The molecule has 29 heavy (non-hydrogen) atoms. The number of ether oxygens (including phenoxy) is 1. The molecule has 0 aliphatic rings. The van der Waals surface area contributed by atoms with Crippen LogP contribution in [0.25, 0.3) is 10.2 Å². The monoisotopic (exact) mass is 425 g/mol. The maximum Gasteiger partial charge on any atom is 0.261 e. The summed E-state index contributed by atoms with van der Waals surface area (Å²) in [6.45, 7) is 0. The highest BCUT2D eigenvalue weighted by molar-refractivity contribution is 7.89. The van der Waals surface area contributed by atoms with E-state index in [1.54, 1.807) is 42.5 Å². The summed E-state index contributed by atoms with van der Waals surface area (Å²) in [5.74, 6) is 0.638. The third-order valence-corrected chi connectivity index (χ3v) is 5.86. The molecule has 0 saturated heterocycles. The molecule has 1 amide bonds. The Morgan fingerprint density at radius 1 is 1.00 bits per heavy atom. The van der Waals surface area contributed by atoms with Crippen LogP contribution in [0.5, 0.6) is 11.5 Å². The van der Waals surface area contributed by atoms with Gasteiger partial charge in [0.05, 0.1) is 20.7 Å². The van der Waals surface area contributed by atoms with Crippen molar-refractivity contribution >= 4 is 42.6 Å². The number of anilines is 1. The first-order valence-electron chi connectivity index (χ1n) is 8.47. The van der Waals surface area contributed by atoms with E-state index in [1.165, 1.54) is 12.1 Å². The highest BCUT2D eigenvalue weighted by Gasteiger charge is 2.16. The predicted molar refractivity (Wildman–Crippen MR) is 112 cm³/mol. The number of aromatic nitrogens is 1. The number of benzene rings is 3. The van der Waals surface area contributed by atoms with Crippen LogP contribution >= 0.6 is 11.3 Å². The van der Waals surface area contributed by atoms with Gasteiger partial charge in [-0.3, -0.25) is 10.1 Å². The van der Waals surface area contributed by atoms with Crippen molar-refractivity contribution in [2.75, 3.05) is 5.32 Å². The third-order valence-electron chi connectivity index (χ3n) is 4.01. The summed E-state index contributed by atoms with van der Waals surface area (Å²) in [6.07, 6.45) is 0. The molecule has 9 heteroatoms. The Morgan fingerprint density at radius 2 is 1.72 bits per heavy atom. The lowest BCUT2D eigenvalue weighted by Gasteiger charge is -2.10. The average molecular weight is 425 g/mol. The summed E-state index contributed by atoms with van der Waals surface area (Å²) in [5, 5.41) is 8.24. The maximum absolute atomic E-state index is 12.8. The van der Waals surface area contributed by atoms with Crippen LogP contribution in [0.3, 0.4) is 0 Å². The van der Waals surface area contributed by atoms with Crippen molar-refractivity contribution in [3.05, 3.63) is 78.4 Å². The zero-order valence-electron chi connectivity index (χ0n) is 14.9. The molecule has 0 bridgehead atoms. The maximum atomic E-state index is 12.8. The van der Waals surface area contributed by atoms with Crippen LogP contribution < -0.4 is 15.2 Å². The van der Waals surface area contributed by atoms with Crippen LogP contribution in [0, 0.1) is 0 Å². The average Bonchev–Trinajstić information content (AvgIpc) is 3.10. The van der Waals surface area contributed by atoms with Gasteiger partial charge < -0.3 is 4.74 Å². The molecule has 0 aliphatic heterocycles. The van der Waals surface area contributed by atoms with Gasteiger partial charge in [-0.25, -0.2) is 18.5 Å². The van der Waals surface area contributed by atoms with E-state index in [9.17, 15) is 13.2 Å². The minimum absolute atomic E-state index is 0.00636. The zero-order chi connectivity index (χ0) is 20.4.